The van der Waals surface area contributed by atoms with E-state index in [0.29, 0.717) is 12.2 Å². The average Bonchev–Trinajstić information content (AvgIpc) is 2.17. The van der Waals surface area contributed by atoms with Crippen LogP contribution in [0.15, 0.2) is 22.7 Å². The van der Waals surface area contributed by atoms with E-state index in [2.05, 4.69) is 21.2 Å². The zero-order chi connectivity index (χ0) is 13.1. The lowest BCUT2D eigenvalue weighted by atomic mass is 10.2. The van der Waals surface area contributed by atoms with Crippen molar-refractivity contribution in [2.45, 2.75) is 32.9 Å². The molecule has 0 fully saturated rings. The van der Waals surface area contributed by atoms with E-state index >= 15 is 0 Å². The van der Waals surface area contributed by atoms with Crippen LogP contribution in [0.4, 0.5) is 10.5 Å². The van der Waals surface area contributed by atoms with Gasteiger partial charge in [-0.2, -0.15) is 0 Å². The summed E-state index contributed by atoms with van der Waals surface area (Å²) in [4.78, 5) is 11.4. The number of amides is 1. The molecule has 1 rings (SSSR count). The molecule has 17 heavy (non-hydrogen) atoms. The number of hydrogen-bond acceptors (Lipinski definition) is 3. The fourth-order valence-corrected chi connectivity index (χ4v) is 1.62. The second-order valence-corrected chi connectivity index (χ2v) is 5.61. The van der Waals surface area contributed by atoms with Crippen LogP contribution < -0.4 is 11.1 Å². The number of carbonyl (C=O) groups excluding carboxylic acids is 1. The van der Waals surface area contributed by atoms with Gasteiger partial charge in [0.25, 0.3) is 0 Å². The van der Waals surface area contributed by atoms with Crippen LogP contribution >= 0.6 is 15.9 Å². The van der Waals surface area contributed by atoms with E-state index in [1.807, 2.05) is 32.9 Å². The molecular formula is C12H17BrN2O2. The van der Waals surface area contributed by atoms with E-state index in [9.17, 15) is 4.79 Å². The third-order valence-electron chi connectivity index (χ3n) is 1.93. The molecule has 0 spiro atoms. The first kappa shape index (κ1) is 13.8. The molecule has 0 bridgehead atoms. The number of rotatable bonds is 2. The molecule has 0 aromatic heterocycles. The summed E-state index contributed by atoms with van der Waals surface area (Å²) in [5, 5.41) is 2.66. The summed E-state index contributed by atoms with van der Waals surface area (Å²) in [7, 11) is 0. The lowest BCUT2D eigenvalue weighted by Crippen LogP contribution is -2.32. The number of carbonyl (C=O) groups is 1. The fraction of sp³-hybridized carbons (Fsp3) is 0.417. The molecule has 5 heteroatoms. The van der Waals surface area contributed by atoms with Gasteiger partial charge in [-0.15, -0.1) is 0 Å². The van der Waals surface area contributed by atoms with E-state index in [-0.39, 0.29) is 0 Å². The van der Waals surface area contributed by atoms with E-state index in [1.165, 1.54) is 0 Å². The number of alkyl carbamates (subject to hydrolysis) is 1. The Balaban J connectivity index is 2.56. The van der Waals surface area contributed by atoms with Crippen molar-refractivity contribution in [3.05, 3.63) is 28.2 Å². The highest BCUT2D eigenvalue weighted by atomic mass is 79.9. The quantitative estimate of drug-likeness (QED) is 0.825. The van der Waals surface area contributed by atoms with Crippen molar-refractivity contribution in [2.75, 3.05) is 5.73 Å². The summed E-state index contributed by atoms with van der Waals surface area (Å²) < 4.78 is 6.05. The summed E-state index contributed by atoms with van der Waals surface area (Å²) in [6.07, 6.45) is -0.447. The van der Waals surface area contributed by atoms with Crippen molar-refractivity contribution in [3.8, 4) is 0 Å². The predicted molar refractivity (Wildman–Crippen MR) is 71.6 cm³/mol. The average molecular weight is 301 g/mol. The molecule has 0 aliphatic carbocycles. The first-order valence-electron chi connectivity index (χ1n) is 5.29. The summed E-state index contributed by atoms with van der Waals surface area (Å²) in [6, 6.07) is 5.51. The van der Waals surface area contributed by atoms with Gasteiger partial charge in [0.05, 0.1) is 0 Å². The minimum Gasteiger partial charge on any atom is -0.444 e. The van der Waals surface area contributed by atoms with Crippen molar-refractivity contribution >= 4 is 27.7 Å². The van der Waals surface area contributed by atoms with Gasteiger partial charge in [-0.3, -0.25) is 0 Å². The van der Waals surface area contributed by atoms with Gasteiger partial charge in [-0.05, 0) is 44.5 Å². The molecule has 0 heterocycles. The highest BCUT2D eigenvalue weighted by Crippen LogP contribution is 2.18. The summed E-state index contributed by atoms with van der Waals surface area (Å²) in [5.41, 5.74) is 6.79. The van der Waals surface area contributed by atoms with Crippen molar-refractivity contribution in [1.82, 2.24) is 5.32 Å². The molecule has 3 N–H and O–H groups in total. The molecule has 4 nitrogen and oxygen atoms in total. The zero-order valence-electron chi connectivity index (χ0n) is 10.2. The van der Waals surface area contributed by atoms with Gasteiger partial charge in [0.2, 0.25) is 0 Å². The molecule has 1 aromatic carbocycles. The Labute approximate surface area is 110 Å². The van der Waals surface area contributed by atoms with Crippen LogP contribution in [0.25, 0.3) is 0 Å². The van der Waals surface area contributed by atoms with E-state index < -0.39 is 11.7 Å². The van der Waals surface area contributed by atoms with Crippen LogP contribution in [-0.2, 0) is 11.3 Å². The van der Waals surface area contributed by atoms with Gasteiger partial charge >= 0.3 is 6.09 Å². The largest absolute Gasteiger partial charge is 0.444 e. The summed E-state index contributed by atoms with van der Waals surface area (Å²) in [5.74, 6) is 0. The maximum Gasteiger partial charge on any atom is 0.407 e. The Morgan fingerprint density at radius 2 is 2.12 bits per heavy atom. The Bertz CT molecular complexity index is 413. The van der Waals surface area contributed by atoms with Gasteiger partial charge in [0, 0.05) is 16.7 Å². The van der Waals surface area contributed by atoms with Crippen molar-refractivity contribution < 1.29 is 9.53 Å². The third-order valence-corrected chi connectivity index (χ3v) is 2.42. The highest BCUT2D eigenvalue weighted by molar-refractivity contribution is 9.10. The number of anilines is 1. The standard InChI is InChI=1S/C12H17BrN2O2/c1-12(2,3)17-11(16)15-7-8-6-9(13)4-5-10(8)14/h4-6H,7,14H2,1-3H3,(H,15,16). The van der Waals surface area contributed by atoms with Gasteiger partial charge in [-0.25, -0.2) is 4.79 Å². The SMILES string of the molecule is CC(C)(C)OC(=O)NCc1cc(Br)ccc1N. The zero-order valence-corrected chi connectivity index (χ0v) is 11.8. The predicted octanol–water partition coefficient (Wildman–Crippen LogP) is 3.06. The minimum absolute atomic E-state index is 0.347. The molecule has 1 aromatic rings. The topological polar surface area (TPSA) is 64.3 Å². The first-order valence-corrected chi connectivity index (χ1v) is 6.08. The Morgan fingerprint density at radius 3 is 2.71 bits per heavy atom. The maximum absolute atomic E-state index is 11.4. The molecule has 0 aliphatic heterocycles. The molecule has 94 valence electrons. The smallest absolute Gasteiger partial charge is 0.407 e. The van der Waals surface area contributed by atoms with Gasteiger partial charge in [0.1, 0.15) is 5.60 Å². The lowest BCUT2D eigenvalue weighted by molar-refractivity contribution is 0.0523. The van der Waals surface area contributed by atoms with E-state index in [0.717, 1.165) is 10.0 Å². The molecule has 0 radical (unpaired) electrons. The van der Waals surface area contributed by atoms with Gasteiger partial charge < -0.3 is 15.8 Å². The van der Waals surface area contributed by atoms with Crippen LogP contribution in [0.2, 0.25) is 0 Å². The molecular weight excluding hydrogens is 284 g/mol. The molecule has 0 atom stereocenters. The second-order valence-electron chi connectivity index (χ2n) is 4.70. The van der Waals surface area contributed by atoms with Crippen molar-refractivity contribution in [2.24, 2.45) is 0 Å². The van der Waals surface area contributed by atoms with Gasteiger partial charge in [-0.1, -0.05) is 15.9 Å². The lowest BCUT2D eigenvalue weighted by Gasteiger charge is -2.19. The summed E-state index contributed by atoms with van der Waals surface area (Å²) in [6.45, 7) is 5.81. The van der Waals surface area contributed by atoms with Crippen molar-refractivity contribution in [3.63, 3.8) is 0 Å². The Kier molecular flexibility index (Phi) is 4.40. The van der Waals surface area contributed by atoms with Crippen LogP contribution in [0, 0.1) is 0 Å². The monoisotopic (exact) mass is 300 g/mol. The third kappa shape index (κ3) is 5.08. The number of nitrogens with one attached hydrogen (secondary N) is 1. The van der Waals surface area contributed by atoms with Crippen LogP contribution in [0.3, 0.4) is 0 Å². The number of nitrogens with two attached hydrogens (primary N) is 1. The van der Waals surface area contributed by atoms with Crippen molar-refractivity contribution in [1.29, 1.82) is 0 Å². The molecule has 0 saturated heterocycles. The maximum atomic E-state index is 11.4. The normalized spacial score (nSPS) is 11.1. The van der Waals surface area contributed by atoms with Crippen LogP contribution in [0.1, 0.15) is 26.3 Å². The van der Waals surface area contributed by atoms with E-state index in [4.69, 9.17) is 10.5 Å². The number of nitrogen functional groups attached to an aromatic ring is 1. The fourth-order valence-electron chi connectivity index (χ4n) is 1.21. The minimum atomic E-state index is -0.493. The van der Waals surface area contributed by atoms with E-state index in [1.54, 1.807) is 6.07 Å². The molecule has 0 saturated carbocycles. The molecule has 0 aliphatic rings. The first-order chi connectivity index (χ1) is 7.78. The van der Waals surface area contributed by atoms with Gasteiger partial charge in [0.15, 0.2) is 0 Å². The highest BCUT2D eigenvalue weighted by Gasteiger charge is 2.15. The molecule has 1 amide bonds. The Hall–Kier alpha value is -1.23. The molecule has 0 unspecified atom stereocenters. The van der Waals surface area contributed by atoms with Crippen LogP contribution in [-0.4, -0.2) is 11.7 Å². The number of benzene rings is 1. The summed E-state index contributed by atoms with van der Waals surface area (Å²) >= 11 is 3.35. The second kappa shape index (κ2) is 5.40. The van der Waals surface area contributed by atoms with Crippen LogP contribution in [0.5, 0.6) is 0 Å². The number of halogens is 1. The number of ether oxygens (including phenoxy) is 1. The Morgan fingerprint density at radius 1 is 1.47 bits per heavy atom. The number of hydrogen-bond donors (Lipinski definition) is 2.